The number of nitrogens with zero attached hydrogens (tertiary/aromatic N) is 2. The molecule has 0 saturated heterocycles. The Morgan fingerprint density at radius 1 is 1.25 bits per heavy atom. The molecule has 2 aliphatic heterocycles. The minimum absolute atomic E-state index is 0.00617. The van der Waals surface area contributed by atoms with Crippen molar-refractivity contribution in [2.24, 2.45) is 0 Å². The van der Waals surface area contributed by atoms with Gasteiger partial charge < -0.3 is 24.9 Å². The molecule has 8 heteroatoms. The molecule has 1 aromatic carbocycles. The summed E-state index contributed by atoms with van der Waals surface area (Å²) in [4.78, 5) is 44.2. The normalized spacial score (nSPS) is 16.9. The number of halogens is 1. The van der Waals surface area contributed by atoms with Crippen LogP contribution in [0.25, 0.3) is 11.6 Å². The van der Waals surface area contributed by atoms with Crippen LogP contribution in [0.3, 0.4) is 0 Å². The van der Waals surface area contributed by atoms with Crippen LogP contribution in [0.4, 0.5) is 10.1 Å². The van der Waals surface area contributed by atoms with Crippen molar-refractivity contribution in [3.63, 3.8) is 0 Å². The molecule has 32 heavy (non-hydrogen) atoms. The van der Waals surface area contributed by atoms with E-state index in [-0.39, 0.29) is 18.2 Å². The number of benzene rings is 1. The van der Waals surface area contributed by atoms with E-state index < -0.39 is 5.82 Å². The van der Waals surface area contributed by atoms with Crippen LogP contribution >= 0.6 is 0 Å². The van der Waals surface area contributed by atoms with Crippen molar-refractivity contribution in [2.45, 2.75) is 26.2 Å². The minimum atomic E-state index is -0.506. The Hall–Kier alpha value is -3.26. The lowest BCUT2D eigenvalue weighted by Crippen LogP contribution is -2.36. The molecular weight excluding hydrogens is 411 g/mol. The minimum Gasteiger partial charge on any atom is -0.358 e. The largest absolute Gasteiger partial charge is 0.358 e. The van der Waals surface area contributed by atoms with Crippen LogP contribution in [0, 0.1) is 12.7 Å². The number of aromatic nitrogens is 1. The lowest BCUT2D eigenvalue weighted by atomic mass is 10.00. The quantitative estimate of drug-likeness (QED) is 0.536. The van der Waals surface area contributed by atoms with Gasteiger partial charge >= 0.3 is 0 Å². The van der Waals surface area contributed by atoms with Crippen molar-refractivity contribution in [3.8, 4) is 0 Å². The summed E-state index contributed by atoms with van der Waals surface area (Å²) in [5, 5.41) is 2.76. The summed E-state index contributed by atoms with van der Waals surface area (Å²) in [6.45, 7) is 4.01. The van der Waals surface area contributed by atoms with Crippen molar-refractivity contribution in [1.29, 1.82) is 0 Å². The molecule has 0 unspecified atom stereocenters. The highest BCUT2D eigenvalue weighted by molar-refractivity contribution is 6.35. The number of aldehydes is 1. The van der Waals surface area contributed by atoms with Crippen LogP contribution in [0.2, 0.25) is 0 Å². The van der Waals surface area contributed by atoms with Gasteiger partial charge in [-0.25, -0.2) is 4.39 Å². The highest BCUT2D eigenvalue weighted by Gasteiger charge is 2.30. The Balaban J connectivity index is 1.73. The van der Waals surface area contributed by atoms with Gasteiger partial charge in [-0.3, -0.25) is 9.59 Å². The van der Waals surface area contributed by atoms with E-state index in [1.807, 2.05) is 30.8 Å². The fourth-order valence-electron chi connectivity index (χ4n) is 4.41. The molecule has 0 fully saturated rings. The fraction of sp³-hybridized carbons (Fsp3) is 0.375. The second-order valence-corrected chi connectivity index (χ2v) is 8.59. The molecule has 168 valence electrons. The molecule has 2 N–H and O–H groups in total. The number of amides is 2. The highest BCUT2D eigenvalue weighted by Crippen LogP contribution is 2.37. The first-order chi connectivity index (χ1) is 15.3. The average Bonchev–Trinajstić information content (AvgIpc) is 3.15. The molecule has 0 radical (unpaired) electrons. The van der Waals surface area contributed by atoms with Crippen LogP contribution in [-0.4, -0.2) is 66.6 Å². The molecule has 0 atom stereocenters. The van der Waals surface area contributed by atoms with Gasteiger partial charge in [-0.2, -0.15) is 0 Å². The van der Waals surface area contributed by atoms with E-state index in [0.717, 1.165) is 30.6 Å². The van der Waals surface area contributed by atoms with Crippen LogP contribution in [0.15, 0.2) is 12.1 Å². The SMILES string of the molecule is Cc1c(/C=C2\C(=O)Nc3c(CC=O)cc(F)cc32)[nH]c2c1C(=O)N(CCN(C)C)CCC2. The van der Waals surface area contributed by atoms with Crippen molar-refractivity contribution in [2.75, 3.05) is 39.0 Å². The molecule has 1 aromatic heterocycles. The van der Waals surface area contributed by atoms with E-state index in [1.165, 1.54) is 12.1 Å². The van der Waals surface area contributed by atoms with E-state index in [2.05, 4.69) is 10.3 Å². The molecule has 0 saturated carbocycles. The van der Waals surface area contributed by atoms with Crippen molar-refractivity contribution < 1.29 is 18.8 Å². The molecule has 2 aliphatic rings. The van der Waals surface area contributed by atoms with Gasteiger partial charge in [-0.1, -0.05) is 0 Å². The summed E-state index contributed by atoms with van der Waals surface area (Å²) in [6.07, 6.45) is 3.96. The third-order valence-electron chi connectivity index (χ3n) is 6.09. The lowest BCUT2D eigenvalue weighted by Gasteiger charge is -2.23. The molecular formula is C24H27FN4O3. The van der Waals surface area contributed by atoms with E-state index in [0.29, 0.717) is 53.0 Å². The maximum absolute atomic E-state index is 14.2. The summed E-state index contributed by atoms with van der Waals surface area (Å²) in [5.41, 5.74) is 4.61. The van der Waals surface area contributed by atoms with Gasteiger partial charge in [0, 0.05) is 43.0 Å². The number of carbonyl (C=O) groups excluding carboxylic acids is 3. The van der Waals surface area contributed by atoms with E-state index in [1.54, 1.807) is 6.08 Å². The number of H-pyrrole nitrogens is 1. The molecule has 2 amide bonds. The van der Waals surface area contributed by atoms with Gasteiger partial charge in [-0.15, -0.1) is 0 Å². The third-order valence-corrected chi connectivity index (χ3v) is 6.09. The number of anilines is 1. The zero-order valence-corrected chi connectivity index (χ0v) is 18.5. The second kappa shape index (κ2) is 8.70. The number of aromatic amines is 1. The molecule has 0 aliphatic carbocycles. The molecule has 7 nitrogen and oxygen atoms in total. The number of fused-ring (bicyclic) bond motifs is 2. The smallest absolute Gasteiger partial charge is 0.256 e. The standard InChI is InChI=1S/C24H27FN4O3/c1-14-20(26-19-5-4-7-29(9-8-28(2)3)24(32)21(14)19)13-18-17-12-16(25)11-15(6-10-30)22(17)27-23(18)31/h10-13,26H,4-9H2,1-3H3,(H,27,31)/b18-13-. The fourth-order valence-corrected chi connectivity index (χ4v) is 4.41. The topological polar surface area (TPSA) is 85.5 Å². The van der Waals surface area contributed by atoms with Gasteiger partial charge in [0.1, 0.15) is 12.1 Å². The molecule has 0 bridgehead atoms. The lowest BCUT2D eigenvalue weighted by molar-refractivity contribution is -0.111. The van der Waals surface area contributed by atoms with Gasteiger partial charge in [-0.05, 0) is 63.2 Å². The molecule has 3 heterocycles. The third kappa shape index (κ3) is 3.98. The highest BCUT2D eigenvalue weighted by atomic mass is 19.1. The summed E-state index contributed by atoms with van der Waals surface area (Å²) < 4.78 is 14.2. The summed E-state index contributed by atoms with van der Waals surface area (Å²) in [6, 6.07) is 2.56. The number of rotatable bonds is 6. The van der Waals surface area contributed by atoms with Crippen LogP contribution in [0.1, 0.15) is 44.9 Å². The zero-order valence-electron chi connectivity index (χ0n) is 18.5. The maximum atomic E-state index is 14.2. The van der Waals surface area contributed by atoms with Gasteiger partial charge in [0.2, 0.25) is 0 Å². The van der Waals surface area contributed by atoms with Crippen molar-refractivity contribution >= 4 is 35.4 Å². The molecule has 2 aromatic rings. The second-order valence-electron chi connectivity index (χ2n) is 8.59. The number of likely N-dealkylation sites (N-methyl/N-ethyl adjacent to an activating group) is 1. The van der Waals surface area contributed by atoms with Crippen LogP contribution in [-0.2, 0) is 22.4 Å². The first-order valence-electron chi connectivity index (χ1n) is 10.7. The molecule has 0 spiro atoms. The predicted octanol–water partition coefficient (Wildman–Crippen LogP) is 2.65. The van der Waals surface area contributed by atoms with E-state index in [4.69, 9.17) is 0 Å². The maximum Gasteiger partial charge on any atom is 0.256 e. The van der Waals surface area contributed by atoms with Gasteiger partial charge in [0.25, 0.3) is 11.8 Å². The summed E-state index contributed by atoms with van der Waals surface area (Å²) in [5.74, 6) is -0.872. The number of aryl methyl sites for hydroxylation is 1. The van der Waals surface area contributed by atoms with Crippen LogP contribution < -0.4 is 5.32 Å². The Labute approximate surface area is 186 Å². The Bertz CT molecular complexity index is 1130. The first-order valence-corrected chi connectivity index (χ1v) is 10.7. The number of nitrogens with one attached hydrogen (secondary N) is 2. The number of hydrogen-bond donors (Lipinski definition) is 2. The van der Waals surface area contributed by atoms with Gasteiger partial charge in [0.15, 0.2) is 0 Å². The Morgan fingerprint density at radius 3 is 2.75 bits per heavy atom. The van der Waals surface area contributed by atoms with Gasteiger partial charge in [0.05, 0.1) is 16.8 Å². The summed E-state index contributed by atoms with van der Waals surface area (Å²) >= 11 is 0. The first kappa shape index (κ1) is 22.0. The Morgan fingerprint density at radius 2 is 2.03 bits per heavy atom. The van der Waals surface area contributed by atoms with Crippen molar-refractivity contribution in [3.05, 3.63) is 51.6 Å². The van der Waals surface area contributed by atoms with Crippen molar-refractivity contribution in [1.82, 2.24) is 14.8 Å². The zero-order chi connectivity index (χ0) is 23.0. The average molecular weight is 439 g/mol. The predicted molar refractivity (Wildman–Crippen MR) is 121 cm³/mol. The van der Waals surface area contributed by atoms with E-state index in [9.17, 15) is 18.8 Å². The monoisotopic (exact) mass is 438 g/mol. The summed E-state index contributed by atoms with van der Waals surface area (Å²) in [7, 11) is 3.96. The molecule has 4 rings (SSSR count). The van der Waals surface area contributed by atoms with Crippen LogP contribution in [0.5, 0.6) is 0 Å². The number of hydrogen-bond acceptors (Lipinski definition) is 4. The number of carbonyl (C=O) groups is 3. The Kier molecular flexibility index (Phi) is 5.97. The van der Waals surface area contributed by atoms with E-state index >= 15 is 0 Å².